The lowest BCUT2D eigenvalue weighted by atomic mass is 10.3. The van der Waals surface area contributed by atoms with Gasteiger partial charge < -0.3 is 4.74 Å². The van der Waals surface area contributed by atoms with E-state index in [1.165, 1.54) is 13.8 Å². The van der Waals surface area contributed by atoms with Crippen molar-refractivity contribution in [1.29, 1.82) is 5.26 Å². The molecule has 130 valence electrons. The fourth-order valence-electron chi connectivity index (χ4n) is 1.25. The Kier molecular flexibility index (Phi) is 7.51. The van der Waals surface area contributed by atoms with Gasteiger partial charge in [0.1, 0.15) is 6.07 Å². The molecule has 0 bridgehead atoms. The Bertz CT molecular complexity index is 660. The molecule has 0 saturated carbocycles. The second kappa shape index (κ2) is 9.36. The molecule has 0 spiro atoms. The molecule has 0 aliphatic carbocycles. The number of carbonyl (C=O) groups is 3. The summed E-state index contributed by atoms with van der Waals surface area (Å²) in [5.41, 5.74) is 0. The second-order valence-electron chi connectivity index (χ2n) is 4.04. The van der Waals surface area contributed by atoms with Crippen LogP contribution in [0.25, 0.3) is 0 Å². The monoisotopic (exact) mass is 357 g/mol. The summed E-state index contributed by atoms with van der Waals surface area (Å²) < 4.78 is 4.84. The normalized spacial score (nSPS) is 9.58. The largest absolute Gasteiger partial charge is 0.462 e. The number of carbonyl (C=O) groups excluding carboxylic acids is 3. The molecular formula is C14H15NO8S. The molecule has 0 fully saturated rings. The number of nitrogens with zero attached hydrogens (tertiary/aromatic N) is 1. The molecule has 0 radical (unpaired) electrons. The first kappa shape index (κ1) is 19.2. The Balaban J connectivity index is 3.20. The molecule has 9 nitrogen and oxygen atoms in total. The molecule has 1 rings (SSSR count). The zero-order chi connectivity index (χ0) is 18.1. The Morgan fingerprint density at radius 1 is 1.00 bits per heavy atom. The topological polar surface area (TPSA) is 121 Å². The van der Waals surface area contributed by atoms with Crippen LogP contribution in [-0.4, -0.2) is 24.5 Å². The van der Waals surface area contributed by atoms with Gasteiger partial charge in [0.15, 0.2) is 9.75 Å². The van der Waals surface area contributed by atoms with Gasteiger partial charge in [-0.05, 0) is 6.92 Å². The molecule has 1 heterocycles. The molecular weight excluding hydrogens is 342 g/mol. The van der Waals surface area contributed by atoms with Gasteiger partial charge in [-0.3, -0.25) is 19.6 Å². The zero-order valence-electron chi connectivity index (χ0n) is 13.2. The lowest BCUT2D eigenvalue weighted by molar-refractivity contribution is -0.225. The Morgan fingerprint density at radius 3 is 2.00 bits per heavy atom. The predicted molar refractivity (Wildman–Crippen MR) is 79.0 cm³/mol. The van der Waals surface area contributed by atoms with Gasteiger partial charge in [0, 0.05) is 12.8 Å². The number of ether oxygens (including phenoxy) is 1. The van der Waals surface area contributed by atoms with Crippen molar-refractivity contribution in [2.45, 2.75) is 33.6 Å². The third-order valence-corrected chi connectivity index (χ3v) is 3.44. The van der Waals surface area contributed by atoms with Crippen molar-refractivity contribution in [3.05, 3.63) is 9.75 Å². The summed E-state index contributed by atoms with van der Waals surface area (Å²) in [6.07, 6.45) is 0.0444. The van der Waals surface area contributed by atoms with Crippen molar-refractivity contribution >= 4 is 29.2 Å². The average molecular weight is 357 g/mol. The van der Waals surface area contributed by atoms with Gasteiger partial charge >= 0.3 is 17.9 Å². The fourth-order valence-corrected chi connectivity index (χ4v) is 2.08. The summed E-state index contributed by atoms with van der Waals surface area (Å²) in [6.45, 7) is 4.74. The third-order valence-electron chi connectivity index (χ3n) is 2.40. The lowest BCUT2D eigenvalue weighted by Crippen LogP contribution is -2.11. The first-order chi connectivity index (χ1) is 11.5. The van der Waals surface area contributed by atoms with Crippen LogP contribution >= 0.6 is 11.3 Å². The van der Waals surface area contributed by atoms with Gasteiger partial charge in [-0.1, -0.05) is 13.8 Å². The second-order valence-corrected chi connectivity index (χ2v) is 5.06. The van der Waals surface area contributed by atoms with E-state index in [4.69, 9.17) is 19.8 Å². The molecule has 0 aromatic carbocycles. The third kappa shape index (κ3) is 4.85. The van der Waals surface area contributed by atoms with E-state index in [2.05, 4.69) is 9.78 Å². The highest BCUT2D eigenvalue weighted by Gasteiger charge is 2.30. The van der Waals surface area contributed by atoms with Crippen molar-refractivity contribution in [2.24, 2.45) is 0 Å². The predicted octanol–water partition coefficient (Wildman–Crippen LogP) is 2.29. The van der Waals surface area contributed by atoms with Gasteiger partial charge in [0.25, 0.3) is 11.5 Å². The van der Waals surface area contributed by atoms with Crippen molar-refractivity contribution in [3.63, 3.8) is 0 Å². The van der Waals surface area contributed by atoms with Crippen LogP contribution in [0.2, 0.25) is 0 Å². The highest BCUT2D eigenvalue weighted by molar-refractivity contribution is 7.15. The summed E-state index contributed by atoms with van der Waals surface area (Å²) in [5.74, 6) is -2.96. The molecule has 0 atom stereocenters. The number of thiophene rings is 1. The molecule has 0 N–H and O–H groups in total. The molecule has 0 aliphatic rings. The van der Waals surface area contributed by atoms with Crippen LogP contribution in [0.3, 0.4) is 0 Å². The van der Waals surface area contributed by atoms with E-state index in [0.29, 0.717) is 11.3 Å². The summed E-state index contributed by atoms with van der Waals surface area (Å²) in [4.78, 5) is 52.7. The SMILES string of the molecule is CCOC(=O)c1sc(C#N)c(OOC(=O)CC)c1OOC(=O)CC. The highest BCUT2D eigenvalue weighted by Crippen LogP contribution is 2.42. The Morgan fingerprint density at radius 2 is 1.54 bits per heavy atom. The minimum atomic E-state index is -0.807. The maximum atomic E-state index is 12.0. The zero-order valence-corrected chi connectivity index (χ0v) is 14.1. The van der Waals surface area contributed by atoms with Crippen LogP contribution in [0, 0.1) is 11.3 Å². The van der Waals surface area contributed by atoms with Crippen LogP contribution < -0.4 is 9.78 Å². The number of hydrogen-bond acceptors (Lipinski definition) is 10. The molecule has 0 saturated heterocycles. The average Bonchev–Trinajstić information content (AvgIpc) is 2.95. The van der Waals surface area contributed by atoms with E-state index in [0.717, 1.165) is 0 Å². The fraction of sp³-hybridized carbons (Fsp3) is 0.429. The van der Waals surface area contributed by atoms with Crippen molar-refractivity contribution < 1.29 is 38.7 Å². The lowest BCUT2D eigenvalue weighted by Gasteiger charge is -2.07. The van der Waals surface area contributed by atoms with Crippen LogP contribution in [0.5, 0.6) is 11.5 Å². The summed E-state index contributed by atoms with van der Waals surface area (Å²) in [7, 11) is 0. The number of esters is 1. The van der Waals surface area contributed by atoms with Crippen molar-refractivity contribution in [2.75, 3.05) is 6.61 Å². The first-order valence-corrected chi connectivity index (χ1v) is 7.78. The van der Waals surface area contributed by atoms with Gasteiger partial charge in [-0.25, -0.2) is 14.4 Å². The number of rotatable bonds is 8. The minimum Gasteiger partial charge on any atom is -0.462 e. The molecule has 24 heavy (non-hydrogen) atoms. The van der Waals surface area contributed by atoms with E-state index in [-0.39, 0.29) is 40.7 Å². The molecule has 0 aliphatic heterocycles. The summed E-state index contributed by atoms with van der Waals surface area (Å²) in [5, 5.41) is 9.14. The van der Waals surface area contributed by atoms with Crippen LogP contribution in [-0.2, 0) is 24.1 Å². The Hall–Kier alpha value is -2.80. The van der Waals surface area contributed by atoms with E-state index in [9.17, 15) is 14.4 Å². The van der Waals surface area contributed by atoms with Crippen LogP contribution in [0.4, 0.5) is 0 Å². The quantitative estimate of drug-likeness (QED) is 0.392. The van der Waals surface area contributed by atoms with Crippen LogP contribution in [0.15, 0.2) is 0 Å². The summed E-state index contributed by atoms with van der Waals surface area (Å²) >= 11 is 0.684. The Labute approximate surface area is 141 Å². The van der Waals surface area contributed by atoms with E-state index in [1.807, 2.05) is 0 Å². The molecule has 1 aromatic rings. The molecule has 0 unspecified atom stereocenters. The number of nitriles is 1. The van der Waals surface area contributed by atoms with Gasteiger partial charge in [0.05, 0.1) is 6.61 Å². The maximum absolute atomic E-state index is 12.0. The van der Waals surface area contributed by atoms with E-state index in [1.54, 1.807) is 13.0 Å². The van der Waals surface area contributed by atoms with Crippen molar-refractivity contribution in [1.82, 2.24) is 0 Å². The van der Waals surface area contributed by atoms with E-state index < -0.39 is 17.9 Å². The van der Waals surface area contributed by atoms with E-state index >= 15 is 0 Å². The minimum absolute atomic E-state index is 0.0188. The van der Waals surface area contributed by atoms with Crippen LogP contribution in [0.1, 0.15) is 48.2 Å². The number of hydrogen-bond donors (Lipinski definition) is 0. The molecule has 1 aromatic heterocycles. The van der Waals surface area contributed by atoms with Gasteiger partial charge in [0.2, 0.25) is 0 Å². The van der Waals surface area contributed by atoms with Gasteiger partial charge in [-0.15, -0.1) is 11.3 Å². The smallest absolute Gasteiger partial charge is 0.355 e. The van der Waals surface area contributed by atoms with Crippen molar-refractivity contribution in [3.8, 4) is 17.6 Å². The molecule has 0 amide bonds. The van der Waals surface area contributed by atoms with Gasteiger partial charge in [-0.2, -0.15) is 5.26 Å². The standard InChI is InChI=1S/C14H15NO8S/c1-4-9(16)20-22-11-8(7-15)24-13(14(18)19-6-3)12(11)23-21-10(17)5-2/h4-6H2,1-3H3. The first-order valence-electron chi connectivity index (χ1n) is 6.97. The summed E-state index contributed by atoms with van der Waals surface area (Å²) in [6, 6.07) is 1.77. The molecule has 10 heteroatoms. The highest BCUT2D eigenvalue weighted by atomic mass is 32.1. The maximum Gasteiger partial charge on any atom is 0.355 e.